The summed E-state index contributed by atoms with van der Waals surface area (Å²) in [7, 11) is 0. The lowest BCUT2D eigenvalue weighted by atomic mass is 9.92. The molecule has 0 aliphatic heterocycles. The molecule has 0 aliphatic rings. The van der Waals surface area contributed by atoms with Crippen molar-refractivity contribution in [1.82, 2.24) is 4.98 Å². The van der Waals surface area contributed by atoms with Crippen molar-refractivity contribution in [1.29, 1.82) is 0 Å². The number of halogens is 1. The molecule has 0 aliphatic carbocycles. The minimum absolute atomic E-state index is 0.121. The molecule has 1 N–H and O–H groups in total. The Bertz CT molecular complexity index is 538. The first kappa shape index (κ1) is 13.1. The van der Waals surface area contributed by atoms with E-state index in [-0.39, 0.29) is 12.0 Å². The summed E-state index contributed by atoms with van der Waals surface area (Å²) < 4.78 is 5.78. The van der Waals surface area contributed by atoms with Crippen molar-refractivity contribution in [3.8, 4) is 11.5 Å². The van der Waals surface area contributed by atoms with Gasteiger partial charge in [-0.1, -0.05) is 32.4 Å². The van der Waals surface area contributed by atoms with Crippen molar-refractivity contribution in [2.45, 2.75) is 32.8 Å². The van der Waals surface area contributed by atoms with Crippen LogP contribution in [0.3, 0.4) is 0 Å². The topological polar surface area (TPSA) is 46.3 Å². The van der Waals surface area contributed by atoms with Crippen molar-refractivity contribution >= 4 is 11.6 Å². The Kier molecular flexibility index (Phi) is 3.46. The Morgan fingerprint density at radius 2 is 1.83 bits per heavy atom. The summed E-state index contributed by atoms with van der Waals surface area (Å²) in [4.78, 5) is 4.34. The number of aliphatic hydroxyl groups is 1. The fourth-order valence-electron chi connectivity index (χ4n) is 1.76. The molecule has 0 atom stereocenters. The van der Waals surface area contributed by atoms with Crippen LogP contribution >= 0.6 is 11.6 Å². The summed E-state index contributed by atoms with van der Waals surface area (Å²) in [6.45, 7) is 5.96. The number of rotatable bonds is 2. The van der Waals surface area contributed by atoms with Gasteiger partial charge in [0.25, 0.3) is 0 Å². The van der Waals surface area contributed by atoms with Crippen LogP contribution in [-0.4, -0.2) is 10.1 Å². The average molecular weight is 266 g/mol. The minimum atomic E-state index is -0.185. The van der Waals surface area contributed by atoms with Crippen LogP contribution in [0.25, 0.3) is 11.5 Å². The van der Waals surface area contributed by atoms with Crippen molar-refractivity contribution < 1.29 is 9.52 Å². The van der Waals surface area contributed by atoms with Crippen LogP contribution in [0.5, 0.6) is 0 Å². The van der Waals surface area contributed by atoms with E-state index in [1.54, 1.807) is 12.1 Å². The van der Waals surface area contributed by atoms with Gasteiger partial charge in [0.15, 0.2) is 0 Å². The Morgan fingerprint density at radius 3 is 2.28 bits per heavy atom. The van der Waals surface area contributed by atoms with Gasteiger partial charge in [0, 0.05) is 16.0 Å². The fourth-order valence-corrected chi connectivity index (χ4v) is 1.89. The van der Waals surface area contributed by atoms with Crippen LogP contribution in [0.2, 0.25) is 5.02 Å². The fraction of sp³-hybridized carbons (Fsp3) is 0.357. The van der Waals surface area contributed by atoms with Gasteiger partial charge in [-0.05, 0) is 24.3 Å². The molecule has 2 rings (SSSR count). The third-order valence-electron chi connectivity index (χ3n) is 2.62. The maximum atomic E-state index is 9.34. The van der Waals surface area contributed by atoms with Gasteiger partial charge in [0.05, 0.1) is 6.61 Å². The molecule has 0 bridgehead atoms. The number of nitrogens with zero attached hydrogens (tertiary/aromatic N) is 1. The molecule has 0 amide bonds. The summed E-state index contributed by atoms with van der Waals surface area (Å²) in [6.07, 6.45) is 0. The Labute approximate surface area is 111 Å². The summed E-state index contributed by atoms with van der Waals surface area (Å²) >= 11 is 5.84. The smallest absolute Gasteiger partial charge is 0.226 e. The van der Waals surface area contributed by atoms with Crippen molar-refractivity contribution in [2.24, 2.45) is 0 Å². The molecule has 1 aromatic heterocycles. The molecular formula is C14H16ClNO2. The molecule has 0 spiro atoms. The van der Waals surface area contributed by atoms with Crippen LogP contribution in [0.4, 0.5) is 0 Å². The molecule has 18 heavy (non-hydrogen) atoms. The van der Waals surface area contributed by atoms with E-state index in [2.05, 4.69) is 4.98 Å². The van der Waals surface area contributed by atoms with E-state index in [9.17, 15) is 5.11 Å². The highest BCUT2D eigenvalue weighted by Gasteiger charge is 2.25. The first-order valence-corrected chi connectivity index (χ1v) is 6.16. The van der Waals surface area contributed by atoms with Crippen molar-refractivity contribution in [2.75, 3.05) is 0 Å². The predicted octanol–water partition coefficient (Wildman–Crippen LogP) is 3.78. The molecule has 3 nitrogen and oxygen atoms in total. The van der Waals surface area contributed by atoms with E-state index in [1.807, 2.05) is 32.9 Å². The minimum Gasteiger partial charge on any atom is -0.440 e. The standard InChI is InChI=1S/C14H16ClNO2/c1-14(2,3)12-11(8-17)16-13(18-12)9-4-6-10(15)7-5-9/h4-7,17H,8H2,1-3H3. The summed E-state index contributed by atoms with van der Waals surface area (Å²) in [5.41, 5.74) is 1.26. The predicted molar refractivity (Wildman–Crippen MR) is 71.6 cm³/mol. The number of benzene rings is 1. The van der Waals surface area contributed by atoms with E-state index in [1.165, 1.54) is 0 Å². The van der Waals surface area contributed by atoms with E-state index in [0.29, 0.717) is 16.6 Å². The van der Waals surface area contributed by atoms with Gasteiger partial charge in [0.1, 0.15) is 11.5 Å². The molecule has 96 valence electrons. The first-order chi connectivity index (χ1) is 8.41. The van der Waals surface area contributed by atoms with Gasteiger partial charge in [-0.2, -0.15) is 0 Å². The Morgan fingerprint density at radius 1 is 1.22 bits per heavy atom. The molecule has 0 saturated heterocycles. The van der Waals surface area contributed by atoms with E-state index < -0.39 is 0 Å². The molecule has 4 heteroatoms. The second-order valence-corrected chi connectivity index (χ2v) is 5.65. The van der Waals surface area contributed by atoms with Crippen molar-refractivity contribution in [3.05, 3.63) is 40.7 Å². The van der Waals surface area contributed by atoms with E-state index in [0.717, 1.165) is 11.3 Å². The summed E-state index contributed by atoms with van der Waals surface area (Å²) in [5, 5.41) is 10.0. The quantitative estimate of drug-likeness (QED) is 0.899. The highest BCUT2D eigenvalue weighted by atomic mass is 35.5. The maximum Gasteiger partial charge on any atom is 0.226 e. The second kappa shape index (κ2) is 4.75. The van der Waals surface area contributed by atoms with Crippen LogP contribution in [-0.2, 0) is 12.0 Å². The van der Waals surface area contributed by atoms with Crippen LogP contribution < -0.4 is 0 Å². The van der Waals surface area contributed by atoms with Gasteiger partial charge >= 0.3 is 0 Å². The molecule has 1 aromatic carbocycles. The maximum absolute atomic E-state index is 9.34. The summed E-state index contributed by atoms with van der Waals surface area (Å²) in [5.74, 6) is 1.23. The largest absolute Gasteiger partial charge is 0.440 e. The molecule has 1 heterocycles. The van der Waals surface area contributed by atoms with Crippen LogP contribution in [0, 0.1) is 0 Å². The molecule has 0 saturated carbocycles. The molecule has 0 fully saturated rings. The van der Waals surface area contributed by atoms with E-state index in [4.69, 9.17) is 16.0 Å². The zero-order valence-electron chi connectivity index (χ0n) is 10.7. The third-order valence-corrected chi connectivity index (χ3v) is 2.87. The number of hydrogen-bond donors (Lipinski definition) is 1. The highest BCUT2D eigenvalue weighted by Crippen LogP contribution is 2.31. The molecule has 0 unspecified atom stereocenters. The Hall–Kier alpha value is -1.32. The number of oxazole rings is 1. The SMILES string of the molecule is CC(C)(C)c1oc(-c2ccc(Cl)cc2)nc1CO. The zero-order chi connectivity index (χ0) is 13.3. The van der Waals surface area contributed by atoms with Gasteiger partial charge in [0.2, 0.25) is 5.89 Å². The van der Waals surface area contributed by atoms with Gasteiger partial charge in [-0.25, -0.2) is 4.98 Å². The summed E-state index contributed by atoms with van der Waals surface area (Å²) in [6, 6.07) is 7.27. The lowest BCUT2D eigenvalue weighted by Gasteiger charge is -2.15. The van der Waals surface area contributed by atoms with Crippen LogP contribution in [0.1, 0.15) is 32.2 Å². The lowest BCUT2D eigenvalue weighted by molar-refractivity contribution is 0.269. The monoisotopic (exact) mass is 265 g/mol. The molecule has 2 aromatic rings. The molecule has 0 radical (unpaired) electrons. The van der Waals surface area contributed by atoms with Gasteiger partial charge < -0.3 is 9.52 Å². The number of aliphatic hydroxyl groups excluding tert-OH is 1. The molecular weight excluding hydrogens is 250 g/mol. The van der Waals surface area contributed by atoms with Gasteiger partial charge in [-0.15, -0.1) is 0 Å². The average Bonchev–Trinajstić information content (AvgIpc) is 2.73. The Balaban J connectivity index is 2.47. The lowest BCUT2D eigenvalue weighted by Crippen LogP contribution is -2.12. The van der Waals surface area contributed by atoms with E-state index >= 15 is 0 Å². The normalized spacial score (nSPS) is 11.8. The zero-order valence-corrected chi connectivity index (χ0v) is 11.5. The van der Waals surface area contributed by atoms with Crippen molar-refractivity contribution in [3.63, 3.8) is 0 Å². The van der Waals surface area contributed by atoms with Crippen LogP contribution in [0.15, 0.2) is 28.7 Å². The number of aromatic nitrogens is 1. The second-order valence-electron chi connectivity index (χ2n) is 5.21. The number of hydrogen-bond acceptors (Lipinski definition) is 3. The third kappa shape index (κ3) is 2.57. The highest BCUT2D eigenvalue weighted by molar-refractivity contribution is 6.30. The van der Waals surface area contributed by atoms with Gasteiger partial charge in [-0.3, -0.25) is 0 Å². The first-order valence-electron chi connectivity index (χ1n) is 5.79.